The number of aliphatic hydroxyl groups excluding tert-OH is 1. The molecule has 1 fully saturated rings. The second-order valence-electron chi connectivity index (χ2n) is 5.37. The highest BCUT2D eigenvalue weighted by molar-refractivity contribution is 9.10. The summed E-state index contributed by atoms with van der Waals surface area (Å²) < 4.78 is -0.446. The van der Waals surface area contributed by atoms with Gasteiger partial charge in [-0.05, 0) is 12.5 Å². The lowest BCUT2D eigenvalue weighted by Gasteiger charge is -2.37. The van der Waals surface area contributed by atoms with Crippen LogP contribution in [0.1, 0.15) is 6.42 Å². The van der Waals surface area contributed by atoms with E-state index in [0.717, 1.165) is 6.42 Å². The van der Waals surface area contributed by atoms with E-state index in [1.807, 2.05) is 0 Å². The van der Waals surface area contributed by atoms with E-state index in [9.17, 15) is 9.90 Å². The molecular weight excluding hydrogens is 260 g/mol. The third kappa shape index (κ3) is 0.968. The number of hydrogen-bond donors (Lipinski definition) is 1. The Morgan fingerprint density at radius 3 is 2.57 bits per heavy atom. The van der Waals surface area contributed by atoms with Gasteiger partial charge in [0.05, 0.1) is 18.5 Å². The van der Waals surface area contributed by atoms with E-state index >= 15 is 0 Å². The fourth-order valence-electron chi connectivity index (χ4n) is 2.76. The summed E-state index contributed by atoms with van der Waals surface area (Å²) in [6, 6.07) is 0. The van der Waals surface area contributed by atoms with Crippen LogP contribution >= 0.6 is 15.9 Å². The van der Waals surface area contributed by atoms with Gasteiger partial charge in [0.25, 0.3) is 0 Å². The molecule has 1 N–H and O–H groups in total. The Morgan fingerprint density at radius 2 is 2.14 bits per heavy atom. The molecule has 14 heavy (non-hydrogen) atoms. The highest BCUT2D eigenvalue weighted by Gasteiger charge is 2.78. The topological polar surface area (TPSA) is 37.3 Å². The molecule has 2 rings (SSSR count). The number of allylic oxidation sites excluding steroid dienone is 1. The number of carbonyl (C=O) groups is 1. The molecule has 4 heteroatoms. The molecule has 0 aliphatic heterocycles. The van der Waals surface area contributed by atoms with Crippen molar-refractivity contribution >= 4 is 29.8 Å². The first kappa shape index (κ1) is 10.6. The van der Waals surface area contributed by atoms with Crippen LogP contribution in [0.5, 0.6) is 0 Å². The maximum absolute atomic E-state index is 11.7. The average Bonchev–Trinajstić information content (AvgIpc) is 2.68. The maximum atomic E-state index is 11.7. The number of hydrogen-bond acceptors (Lipinski definition) is 2. The standard InChI is InChI=1S/C10H15BrO2Si/c1-14(2,3)10-6-9(10,11)7(12)4-5-8(10)13/h4-5,8,13H,6H2,1-3H3/t8-,9-,10+/m0/s1. The zero-order chi connectivity index (χ0) is 10.8. The largest absolute Gasteiger partial charge is 0.389 e. The molecule has 1 saturated carbocycles. The monoisotopic (exact) mass is 274 g/mol. The SMILES string of the molecule is C[Si](C)(C)[C@@]12C[C@]1(Br)C(=O)C=C[C@@H]2O. The van der Waals surface area contributed by atoms with Crippen molar-refractivity contribution < 1.29 is 9.90 Å². The van der Waals surface area contributed by atoms with Gasteiger partial charge in [-0.1, -0.05) is 41.6 Å². The summed E-state index contributed by atoms with van der Waals surface area (Å²) in [7, 11) is -1.55. The minimum atomic E-state index is -1.55. The number of fused-ring (bicyclic) bond motifs is 1. The molecule has 0 aromatic carbocycles. The molecule has 0 heterocycles. The number of alkyl halides is 1. The third-order valence-corrected chi connectivity index (χ3v) is 9.09. The fraction of sp³-hybridized carbons (Fsp3) is 0.700. The highest BCUT2D eigenvalue weighted by Crippen LogP contribution is 2.76. The van der Waals surface area contributed by atoms with Gasteiger partial charge >= 0.3 is 0 Å². The van der Waals surface area contributed by atoms with Gasteiger partial charge < -0.3 is 5.11 Å². The molecule has 0 aromatic heterocycles. The fourth-order valence-corrected chi connectivity index (χ4v) is 8.71. The third-order valence-electron chi connectivity index (χ3n) is 3.77. The van der Waals surface area contributed by atoms with Crippen LogP contribution < -0.4 is 0 Å². The van der Waals surface area contributed by atoms with E-state index in [4.69, 9.17) is 0 Å². The lowest BCUT2D eigenvalue weighted by Crippen LogP contribution is -2.45. The van der Waals surface area contributed by atoms with Gasteiger partial charge in [0, 0.05) is 5.04 Å². The Labute approximate surface area is 93.5 Å². The maximum Gasteiger partial charge on any atom is 0.172 e. The van der Waals surface area contributed by atoms with Gasteiger partial charge in [-0.2, -0.15) is 0 Å². The first-order valence-corrected chi connectivity index (χ1v) is 9.15. The minimum Gasteiger partial charge on any atom is -0.389 e. The van der Waals surface area contributed by atoms with Gasteiger partial charge in [0.1, 0.15) is 0 Å². The van der Waals surface area contributed by atoms with E-state index in [1.54, 1.807) is 6.08 Å². The number of aliphatic hydroxyl groups is 1. The van der Waals surface area contributed by atoms with Gasteiger partial charge in [0.15, 0.2) is 5.78 Å². The number of ketones is 1. The van der Waals surface area contributed by atoms with Crippen LogP contribution in [0.2, 0.25) is 24.7 Å². The predicted octanol–water partition coefficient (Wildman–Crippen LogP) is 2.10. The van der Waals surface area contributed by atoms with E-state index in [2.05, 4.69) is 35.6 Å². The van der Waals surface area contributed by atoms with Crippen molar-refractivity contribution in [2.45, 2.75) is 41.5 Å². The number of halogens is 1. The zero-order valence-electron chi connectivity index (χ0n) is 8.67. The summed E-state index contributed by atoms with van der Waals surface area (Å²) in [6.45, 7) is 6.64. The van der Waals surface area contributed by atoms with Gasteiger partial charge in [0.2, 0.25) is 0 Å². The van der Waals surface area contributed by atoms with E-state index in [-0.39, 0.29) is 10.8 Å². The van der Waals surface area contributed by atoms with Crippen LogP contribution in [0, 0.1) is 0 Å². The second kappa shape index (κ2) is 2.60. The Bertz CT molecular complexity index is 334. The summed E-state index contributed by atoms with van der Waals surface area (Å²) in [5, 5.41) is 9.88. The summed E-state index contributed by atoms with van der Waals surface area (Å²) in [5.41, 5.74) is 0. The minimum absolute atomic E-state index is 0.130. The molecule has 0 saturated heterocycles. The Kier molecular flexibility index (Phi) is 1.96. The molecule has 0 spiro atoms. The molecule has 2 aliphatic rings. The van der Waals surface area contributed by atoms with Crippen molar-refractivity contribution in [1.29, 1.82) is 0 Å². The first-order chi connectivity index (χ1) is 6.26. The van der Waals surface area contributed by atoms with E-state index in [0.29, 0.717) is 0 Å². The molecule has 0 amide bonds. The quantitative estimate of drug-likeness (QED) is 0.588. The van der Waals surface area contributed by atoms with Crippen molar-refractivity contribution in [2.75, 3.05) is 0 Å². The van der Waals surface area contributed by atoms with E-state index in [1.165, 1.54) is 6.08 Å². The van der Waals surface area contributed by atoms with Crippen LogP contribution in [0.3, 0.4) is 0 Å². The molecule has 2 aliphatic carbocycles. The average molecular weight is 275 g/mol. The van der Waals surface area contributed by atoms with Crippen molar-refractivity contribution in [3.63, 3.8) is 0 Å². The normalized spacial score (nSPS) is 46.4. The zero-order valence-corrected chi connectivity index (χ0v) is 11.3. The van der Waals surface area contributed by atoms with Crippen LogP contribution in [-0.2, 0) is 4.79 Å². The summed E-state index contributed by atoms with van der Waals surface area (Å²) in [6.07, 6.45) is 3.52. The number of carbonyl (C=O) groups excluding carboxylic acids is 1. The molecule has 78 valence electrons. The van der Waals surface area contributed by atoms with Crippen LogP contribution in [-0.4, -0.2) is 29.4 Å². The van der Waals surface area contributed by atoms with Gasteiger partial charge in [-0.15, -0.1) is 0 Å². The van der Waals surface area contributed by atoms with Gasteiger partial charge in [-0.3, -0.25) is 4.79 Å². The Morgan fingerprint density at radius 1 is 1.57 bits per heavy atom. The molecule has 3 atom stereocenters. The van der Waals surface area contributed by atoms with Gasteiger partial charge in [-0.25, -0.2) is 0 Å². The molecular formula is C10H15BrO2Si. The van der Waals surface area contributed by atoms with E-state index < -0.39 is 18.5 Å². The summed E-state index contributed by atoms with van der Waals surface area (Å²) in [5.74, 6) is 0.130. The lowest BCUT2D eigenvalue weighted by molar-refractivity contribution is -0.115. The molecule has 0 unspecified atom stereocenters. The van der Waals surface area contributed by atoms with Crippen molar-refractivity contribution in [3.8, 4) is 0 Å². The second-order valence-corrected chi connectivity index (χ2v) is 12.1. The predicted molar refractivity (Wildman–Crippen MR) is 62.5 cm³/mol. The lowest BCUT2D eigenvalue weighted by atomic mass is 10.0. The van der Waals surface area contributed by atoms with Crippen LogP contribution in [0.15, 0.2) is 12.2 Å². The summed E-state index contributed by atoms with van der Waals surface area (Å²) in [4.78, 5) is 11.7. The van der Waals surface area contributed by atoms with Crippen molar-refractivity contribution in [1.82, 2.24) is 0 Å². The highest BCUT2D eigenvalue weighted by atomic mass is 79.9. The molecule has 2 nitrogen and oxygen atoms in total. The Hall–Kier alpha value is 0.0669. The molecule has 0 radical (unpaired) electrons. The molecule has 0 bridgehead atoms. The first-order valence-electron chi connectivity index (χ1n) is 4.85. The van der Waals surface area contributed by atoms with Crippen molar-refractivity contribution in [2.24, 2.45) is 0 Å². The van der Waals surface area contributed by atoms with Crippen LogP contribution in [0.4, 0.5) is 0 Å². The van der Waals surface area contributed by atoms with Crippen LogP contribution in [0.25, 0.3) is 0 Å². The number of rotatable bonds is 1. The van der Waals surface area contributed by atoms with Crippen molar-refractivity contribution in [3.05, 3.63) is 12.2 Å². The Balaban J connectivity index is 2.49. The summed E-state index contributed by atoms with van der Waals surface area (Å²) >= 11 is 3.54. The molecule has 0 aromatic rings. The smallest absolute Gasteiger partial charge is 0.172 e.